The minimum Gasteiger partial charge on any atom is -0.353 e. The van der Waals surface area contributed by atoms with Gasteiger partial charge in [0.1, 0.15) is 12.0 Å². The monoisotopic (exact) mass is 390 g/mol. The van der Waals surface area contributed by atoms with Crippen LogP contribution in [0.25, 0.3) is 55.7 Å². The van der Waals surface area contributed by atoms with Gasteiger partial charge in [-0.2, -0.15) is 5.10 Å². The number of fused-ring (bicyclic) bond motifs is 2. The summed E-state index contributed by atoms with van der Waals surface area (Å²) < 4.78 is 0. The fraction of sp³-hybridized carbons (Fsp3) is 0. The minimum absolute atomic E-state index is 0.717. The summed E-state index contributed by atoms with van der Waals surface area (Å²) in [7, 11) is 0. The summed E-state index contributed by atoms with van der Waals surface area (Å²) in [4.78, 5) is 25.0. The van der Waals surface area contributed by atoms with E-state index in [0.29, 0.717) is 0 Å². The summed E-state index contributed by atoms with van der Waals surface area (Å²) in [6.45, 7) is 0. The lowest BCUT2D eigenvalue weighted by molar-refractivity contribution is 1.10. The molecule has 0 aliphatic rings. The molecule has 142 valence electrons. The molecule has 30 heavy (non-hydrogen) atoms. The molecular formula is C22H14N8. The van der Waals surface area contributed by atoms with Crippen molar-refractivity contribution in [2.45, 2.75) is 0 Å². The summed E-state index contributed by atoms with van der Waals surface area (Å²) in [5, 5.41) is 9.46. The predicted octanol–water partition coefficient (Wildman–Crippen LogP) is 4.02. The number of aromatic nitrogens is 8. The first-order valence-corrected chi connectivity index (χ1v) is 9.35. The molecule has 6 aromatic heterocycles. The van der Waals surface area contributed by atoms with E-state index < -0.39 is 0 Å². The van der Waals surface area contributed by atoms with Gasteiger partial charge in [-0.25, -0.2) is 15.0 Å². The first-order chi connectivity index (χ1) is 14.9. The average molecular weight is 390 g/mol. The van der Waals surface area contributed by atoms with Gasteiger partial charge in [-0.05, 0) is 30.3 Å². The molecule has 8 heteroatoms. The quantitative estimate of drug-likeness (QED) is 0.472. The molecule has 0 fully saturated rings. The van der Waals surface area contributed by atoms with Gasteiger partial charge in [0.05, 0.1) is 11.4 Å². The summed E-state index contributed by atoms with van der Waals surface area (Å²) in [5.41, 5.74) is 7.06. The molecule has 0 aliphatic carbocycles. The molecule has 6 aromatic rings. The van der Waals surface area contributed by atoms with E-state index in [-0.39, 0.29) is 0 Å². The van der Waals surface area contributed by atoms with Crippen LogP contribution >= 0.6 is 0 Å². The van der Waals surface area contributed by atoms with Crippen molar-refractivity contribution in [2.75, 3.05) is 0 Å². The molecule has 0 aromatic carbocycles. The molecule has 0 aliphatic heterocycles. The molecule has 0 bridgehead atoms. The van der Waals surface area contributed by atoms with Gasteiger partial charge in [0.25, 0.3) is 0 Å². The fourth-order valence-electron chi connectivity index (χ4n) is 3.63. The maximum absolute atomic E-state index is 4.57. The van der Waals surface area contributed by atoms with Gasteiger partial charge in [0.2, 0.25) is 0 Å². The molecule has 0 amide bonds. The SMILES string of the molecule is c1cncc(-c2nccc3[nH]c(-c4n[nH]c5ncc(-c6cncnc6)cc45)cc23)c1. The van der Waals surface area contributed by atoms with Crippen molar-refractivity contribution in [3.63, 3.8) is 0 Å². The Morgan fingerprint density at radius 3 is 2.47 bits per heavy atom. The number of aromatic amines is 2. The van der Waals surface area contributed by atoms with E-state index in [4.69, 9.17) is 0 Å². The Morgan fingerprint density at radius 2 is 1.60 bits per heavy atom. The summed E-state index contributed by atoms with van der Waals surface area (Å²) in [6, 6.07) is 9.98. The third-order valence-electron chi connectivity index (χ3n) is 5.05. The van der Waals surface area contributed by atoms with Gasteiger partial charge in [-0.1, -0.05) is 0 Å². The number of H-pyrrole nitrogens is 2. The standard InChI is InChI=1S/C22H14N8/c1-2-13(8-23-4-1)20-16-7-19(28-18(16)3-5-26-20)21-17-6-14(11-27-22(17)30-29-21)15-9-24-12-25-10-15/h1-12,28H,(H,27,29,30). The summed E-state index contributed by atoms with van der Waals surface area (Å²) in [5.74, 6) is 0. The Labute approximate surface area is 170 Å². The van der Waals surface area contributed by atoms with E-state index >= 15 is 0 Å². The Hall–Kier alpha value is -4.46. The average Bonchev–Trinajstić information content (AvgIpc) is 3.43. The van der Waals surface area contributed by atoms with Crippen LogP contribution in [0.2, 0.25) is 0 Å². The molecule has 0 unspecified atom stereocenters. The zero-order valence-corrected chi connectivity index (χ0v) is 15.6. The lowest BCUT2D eigenvalue weighted by Gasteiger charge is -2.00. The molecule has 0 saturated carbocycles. The zero-order valence-electron chi connectivity index (χ0n) is 15.6. The predicted molar refractivity (Wildman–Crippen MR) is 113 cm³/mol. The second kappa shape index (κ2) is 6.56. The van der Waals surface area contributed by atoms with Crippen LogP contribution in [0.3, 0.4) is 0 Å². The Balaban J connectivity index is 1.52. The van der Waals surface area contributed by atoms with Crippen molar-refractivity contribution in [3.05, 3.63) is 73.8 Å². The molecule has 6 heterocycles. The summed E-state index contributed by atoms with van der Waals surface area (Å²) in [6.07, 6.45) is 12.2. The van der Waals surface area contributed by atoms with E-state index in [9.17, 15) is 0 Å². The van der Waals surface area contributed by atoms with Gasteiger partial charge < -0.3 is 4.98 Å². The van der Waals surface area contributed by atoms with E-state index in [2.05, 4.69) is 46.2 Å². The molecule has 0 spiro atoms. The number of pyridine rings is 3. The van der Waals surface area contributed by atoms with Gasteiger partial charge in [0, 0.05) is 70.2 Å². The van der Waals surface area contributed by atoms with Crippen LogP contribution in [-0.4, -0.2) is 40.1 Å². The highest BCUT2D eigenvalue weighted by atomic mass is 15.2. The largest absolute Gasteiger partial charge is 0.353 e. The van der Waals surface area contributed by atoms with Crippen LogP contribution in [-0.2, 0) is 0 Å². The van der Waals surface area contributed by atoms with E-state index in [1.54, 1.807) is 31.0 Å². The first-order valence-electron chi connectivity index (χ1n) is 9.35. The molecular weight excluding hydrogens is 376 g/mol. The first kappa shape index (κ1) is 16.5. The van der Waals surface area contributed by atoms with Gasteiger partial charge >= 0.3 is 0 Å². The molecule has 8 nitrogen and oxygen atoms in total. The number of hydrogen-bond acceptors (Lipinski definition) is 6. The topological polar surface area (TPSA) is 109 Å². The van der Waals surface area contributed by atoms with Crippen LogP contribution in [0.5, 0.6) is 0 Å². The number of rotatable bonds is 3. The van der Waals surface area contributed by atoms with Gasteiger partial charge in [0.15, 0.2) is 5.65 Å². The van der Waals surface area contributed by atoms with Crippen molar-refractivity contribution in [3.8, 4) is 33.8 Å². The highest BCUT2D eigenvalue weighted by Gasteiger charge is 2.15. The van der Waals surface area contributed by atoms with Crippen molar-refractivity contribution >= 4 is 21.9 Å². The Morgan fingerprint density at radius 1 is 0.700 bits per heavy atom. The van der Waals surface area contributed by atoms with Gasteiger partial charge in [-0.3, -0.25) is 15.1 Å². The minimum atomic E-state index is 0.717. The molecule has 2 N–H and O–H groups in total. The van der Waals surface area contributed by atoms with E-state index in [1.165, 1.54) is 6.33 Å². The zero-order chi connectivity index (χ0) is 19.9. The van der Waals surface area contributed by atoms with Crippen molar-refractivity contribution in [1.82, 2.24) is 40.1 Å². The van der Waals surface area contributed by atoms with Crippen LogP contribution in [0, 0.1) is 0 Å². The van der Waals surface area contributed by atoms with Crippen LogP contribution < -0.4 is 0 Å². The van der Waals surface area contributed by atoms with Gasteiger partial charge in [-0.15, -0.1) is 0 Å². The normalized spacial score (nSPS) is 11.3. The maximum atomic E-state index is 4.57. The summed E-state index contributed by atoms with van der Waals surface area (Å²) >= 11 is 0. The van der Waals surface area contributed by atoms with Crippen molar-refractivity contribution < 1.29 is 0 Å². The highest BCUT2D eigenvalue weighted by Crippen LogP contribution is 2.33. The second-order valence-electron chi connectivity index (χ2n) is 6.87. The highest BCUT2D eigenvalue weighted by molar-refractivity contribution is 5.99. The number of nitrogens with zero attached hydrogens (tertiary/aromatic N) is 6. The fourth-order valence-corrected chi connectivity index (χ4v) is 3.63. The molecule has 0 atom stereocenters. The third-order valence-corrected chi connectivity index (χ3v) is 5.05. The maximum Gasteiger partial charge on any atom is 0.155 e. The molecule has 0 saturated heterocycles. The number of hydrogen-bond donors (Lipinski definition) is 2. The lowest BCUT2D eigenvalue weighted by Crippen LogP contribution is -1.85. The Kier molecular flexibility index (Phi) is 3.60. The lowest BCUT2D eigenvalue weighted by atomic mass is 10.1. The molecule has 6 rings (SSSR count). The Bertz CT molecular complexity index is 1490. The second-order valence-corrected chi connectivity index (χ2v) is 6.87. The van der Waals surface area contributed by atoms with E-state index in [0.717, 1.165) is 55.7 Å². The van der Waals surface area contributed by atoms with Crippen molar-refractivity contribution in [2.24, 2.45) is 0 Å². The van der Waals surface area contributed by atoms with Crippen LogP contribution in [0.4, 0.5) is 0 Å². The van der Waals surface area contributed by atoms with Crippen LogP contribution in [0.1, 0.15) is 0 Å². The smallest absolute Gasteiger partial charge is 0.155 e. The van der Waals surface area contributed by atoms with Crippen LogP contribution in [0.15, 0.2) is 73.8 Å². The third kappa shape index (κ3) is 2.62. The van der Waals surface area contributed by atoms with E-state index in [1.807, 2.05) is 30.5 Å². The molecule has 0 radical (unpaired) electrons. The van der Waals surface area contributed by atoms with Crippen molar-refractivity contribution in [1.29, 1.82) is 0 Å². The number of nitrogens with one attached hydrogen (secondary N) is 2.